The van der Waals surface area contributed by atoms with Crippen molar-refractivity contribution >= 4 is 29.4 Å². The van der Waals surface area contributed by atoms with Gasteiger partial charge in [0.25, 0.3) is 0 Å². The Bertz CT molecular complexity index is 799. The van der Waals surface area contributed by atoms with E-state index in [1.807, 2.05) is 12.2 Å². The number of ether oxygens (including phenoxy) is 1. The Morgan fingerprint density at radius 2 is 1.65 bits per heavy atom. The van der Waals surface area contributed by atoms with Gasteiger partial charge in [0, 0.05) is 5.69 Å². The highest BCUT2D eigenvalue weighted by atomic mass is 16.5. The van der Waals surface area contributed by atoms with Gasteiger partial charge in [-0.25, -0.2) is 4.79 Å². The number of esters is 1. The summed E-state index contributed by atoms with van der Waals surface area (Å²) in [4.78, 5) is 49.9. The number of amides is 3. The first-order valence-electron chi connectivity index (χ1n) is 8.51. The largest absolute Gasteiger partial charge is 0.465 e. The van der Waals surface area contributed by atoms with Crippen molar-refractivity contribution in [3.05, 3.63) is 42.0 Å². The maximum Gasteiger partial charge on any atom is 0.337 e. The number of rotatable bonds is 4. The SMILES string of the molecule is COC(=O)c1ccc(NC(=O)CN2C(=O)C3C4C=CC(C4)C3C2=O)cc1. The second-order valence-corrected chi connectivity index (χ2v) is 6.88. The molecule has 3 aliphatic rings. The molecule has 0 radical (unpaired) electrons. The molecule has 1 aromatic rings. The first-order valence-corrected chi connectivity index (χ1v) is 8.51. The van der Waals surface area contributed by atoms with E-state index in [2.05, 4.69) is 10.1 Å². The number of hydrogen-bond donors (Lipinski definition) is 1. The normalized spacial score (nSPS) is 28.4. The number of fused-ring (bicyclic) bond motifs is 5. The van der Waals surface area contributed by atoms with Crippen LogP contribution in [0.1, 0.15) is 16.8 Å². The van der Waals surface area contributed by atoms with Crippen LogP contribution in [0.5, 0.6) is 0 Å². The lowest BCUT2D eigenvalue weighted by molar-refractivity contribution is -0.143. The number of nitrogens with one attached hydrogen (secondary N) is 1. The number of likely N-dealkylation sites (tertiary alicyclic amines) is 1. The smallest absolute Gasteiger partial charge is 0.337 e. The van der Waals surface area contributed by atoms with Gasteiger partial charge in [-0.2, -0.15) is 0 Å². The number of carbonyl (C=O) groups excluding carboxylic acids is 4. The van der Waals surface area contributed by atoms with Crippen LogP contribution in [-0.4, -0.2) is 42.2 Å². The molecule has 26 heavy (non-hydrogen) atoms. The highest BCUT2D eigenvalue weighted by molar-refractivity contribution is 6.09. The maximum absolute atomic E-state index is 12.6. The van der Waals surface area contributed by atoms with Crippen LogP contribution in [0.25, 0.3) is 0 Å². The fourth-order valence-corrected chi connectivity index (χ4v) is 4.27. The molecule has 1 aliphatic heterocycles. The molecule has 2 fully saturated rings. The molecule has 4 atom stereocenters. The zero-order valence-electron chi connectivity index (χ0n) is 14.2. The van der Waals surface area contributed by atoms with E-state index < -0.39 is 11.9 Å². The van der Waals surface area contributed by atoms with Crippen LogP contribution >= 0.6 is 0 Å². The maximum atomic E-state index is 12.6. The van der Waals surface area contributed by atoms with E-state index in [-0.39, 0.29) is 42.0 Å². The minimum absolute atomic E-state index is 0.125. The number of hydrogen-bond acceptors (Lipinski definition) is 5. The highest BCUT2D eigenvalue weighted by Crippen LogP contribution is 2.52. The van der Waals surface area contributed by atoms with Gasteiger partial charge in [0.15, 0.2) is 0 Å². The van der Waals surface area contributed by atoms with Crippen LogP contribution in [0.2, 0.25) is 0 Å². The van der Waals surface area contributed by atoms with E-state index in [1.54, 1.807) is 12.1 Å². The molecule has 4 rings (SSSR count). The van der Waals surface area contributed by atoms with Gasteiger partial charge in [-0.3, -0.25) is 19.3 Å². The van der Waals surface area contributed by atoms with Gasteiger partial charge in [0.05, 0.1) is 24.5 Å². The second kappa shape index (κ2) is 6.09. The topological polar surface area (TPSA) is 92.8 Å². The van der Waals surface area contributed by atoms with Crippen LogP contribution in [0, 0.1) is 23.7 Å². The summed E-state index contributed by atoms with van der Waals surface area (Å²) in [6, 6.07) is 6.19. The summed E-state index contributed by atoms with van der Waals surface area (Å²) >= 11 is 0. The summed E-state index contributed by atoms with van der Waals surface area (Å²) in [5, 5.41) is 2.65. The molecule has 7 heteroatoms. The summed E-state index contributed by atoms with van der Waals surface area (Å²) in [6.07, 6.45) is 4.90. The fraction of sp³-hybridized carbons (Fsp3) is 0.368. The molecule has 134 valence electrons. The Hall–Kier alpha value is -2.96. The first kappa shape index (κ1) is 16.5. The molecule has 3 amide bonds. The van der Waals surface area contributed by atoms with Crippen molar-refractivity contribution in [1.29, 1.82) is 0 Å². The quantitative estimate of drug-likeness (QED) is 0.499. The van der Waals surface area contributed by atoms with Crippen molar-refractivity contribution in [3.63, 3.8) is 0 Å². The van der Waals surface area contributed by atoms with Gasteiger partial charge >= 0.3 is 5.97 Å². The van der Waals surface area contributed by atoms with Crippen LogP contribution in [0.3, 0.4) is 0 Å². The molecule has 1 aromatic carbocycles. The van der Waals surface area contributed by atoms with Crippen molar-refractivity contribution in [2.45, 2.75) is 6.42 Å². The van der Waals surface area contributed by atoms with Gasteiger partial charge in [-0.1, -0.05) is 12.2 Å². The van der Waals surface area contributed by atoms with Crippen LogP contribution < -0.4 is 5.32 Å². The van der Waals surface area contributed by atoms with Crippen molar-refractivity contribution < 1.29 is 23.9 Å². The number of anilines is 1. The number of carbonyl (C=O) groups is 4. The van der Waals surface area contributed by atoms with Crippen LogP contribution in [0.15, 0.2) is 36.4 Å². The van der Waals surface area contributed by atoms with Gasteiger partial charge < -0.3 is 10.1 Å². The molecule has 1 saturated carbocycles. The highest BCUT2D eigenvalue weighted by Gasteiger charge is 2.59. The Morgan fingerprint density at radius 3 is 2.19 bits per heavy atom. The summed E-state index contributed by atoms with van der Waals surface area (Å²) in [7, 11) is 1.29. The molecule has 1 heterocycles. The average molecular weight is 354 g/mol. The van der Waals surface area contributed by atoms with Crippen molar-refractivity contribution in [1.82, 2.24) is 4.90 Å². The lowest BCUT2D eigenvalue weighted by Gasteiger charge is -2.16. The van der Waals surface area contributed by atoms with E-state index >= 15 is 0 Å². The number of allylic oxidation sites excluding steroid dienone is 2. The third kappa shape index (κ3) is 2.51. The Kier molecular flexibility index (Phi) is 3.86. The zero-order chi connectivity index (χ0) is 18.4. The molecule has 4 unspecified atom stereocenters. The molecule has 0 spiro atoms. The van der Waals surface area contributed by atoms with Gasteiger partial charge in [0.2, 0.25) is 17.7 Å². The fourth-order valence-electron chi connectivity index (χ4n) is 4.27. The predicted octanol–water partition coefficient (Wildman–Crippen LogP) is 1.22. The number of nitrogens with zero attached hydrogens (tertiary/aromatic N) is 1. The molecule has 1 N–H and O–H groups in total. The second-order valence-electron chi connectivity index (χ2n) is 6.88. The molecule has 2 aliphatic carbocycles. The van der Waals surface area contributed by atoms with Crippen LogP contribution in [0.4, 0.5) is 5.69 Å². The van der Waals surface area contributed by atoms with Gasteiger partial charge in [0.1, 0.15) is 6.54 Å². The molecule has 2 bridgehead atoms. The first-order chi connectivity index (χ1) is 12.5. The number of benzene rings is 1. The van der Waals surface area contributed by atoms with E-state index in [4.69, 9.17) is 0 Å². The van der Waals surface area contributed by atoms with E-state index in [0.29, 0.717) is 11.3 Å². The average Bonchev–Trinajstić information content (AvgIpc) is 3.32. The summed E-state index contributed by atoms with van der Waals surface area (Å²) in [6.45, 7) is -0.289. The molecular weight excluding hydrogens is 336 g/mol. The van der Waals surface area contributed by atoms with E-state index in [1.165, 1.54) is 19.2 Å². The Morgan fingerprint density at radius 1 is 1.08 bits per heavy atom. The summed E-state index contributed by atoms with van der Waals surface area (Å²) in [5.74, 6) is -1.75. The zero-order valence-corrected chi connectivity index (χ0v) is 14.2. The molecular formula is C19H18N2O5. The minimum atomic E-state index is -0.467. The molecule has 0 aromatic heterocycles. The molecule has 1 saturated heterocycles. The Labute approximate surface area is 150 Å². The monoisotopic (exact) mass is 354 g/mol. The van der Waals surface area contributed by atoms with Gasteiger partial charge in [-0.05, 0) is 42.5 Å². The Balaban J connectivity index is 1.40. The van der Waals surface area contributed by atoms with Crippen LogP contribution in [-0.2, 0) is 19.1 Å². The predicted molar refractivity (Wildman–Crippen MR) is 90.8 cm³/mol. The van der Waals surface area contributed by atoms with Gasteiger partial charge in [-0.15, -0.1) is 0 Å². The lowest BCUT2D eigenvalue weighted by atomic mass is 9.85. The third-order valence-electron chi connectivity index (χ3n) is 5.45. The van der Waals surface area contributed by atoms with Crippen molar-refractivity contribution in [3.8, 4) is 0 Å². The number of imide groups is 1. The van der Waals surface area contributed by atoms with Crippen molar-refractivity contribution in [2.24, 2.45) is 23.7 Å². The lowest BCUT2D eigenvalue weighted by Crippen LogP contribution is -2.39. The van der Waals surface area contributed by atoms with E-state index in [9.17, 15) is 19.2 Å². The summed E-state index contributed by atoms with van der Waals surface area (Å²) in [5.41, 5.74) is 0.842. The number of methoxy groups -OCH3 is 1. The third-order valence-corrected chi connectivity index (χ3v) is 5.45. The minimum Gasteiger partial charge on any atom is -0.465 e. The van der Waals surface area contributed by atoms with Crippen molar-refractivity contribution in [2.75, 3.05) is 19.0 Å². The standard InChI is InChI=1S/C19H18N2O5/c1-26-19(25)10-4-6-13(7-5-10)20-14(22)9-21-17(23)15-11-2-3-12(8-11)16(15)18(21)24/h2-7,11-12,15-16H,8-9H2,1H3,(H,20,22). The molecule has 7 nitrogen and oxygen atoms in total. The van der Waals surface area contributed by atoms with E-state index in [0.717, 1.165) is 11.3 Å². The summed E-state index contributed by atoms with van der Waals surface area (Å²) < 4.78 is 4.62.